The molecule has 6 heteroatoms. The van der Waals surface area contributed by atoms with Crippen LogP contribution in [0.25, 0.3) is 0 Å². The first kappa shape index (κ1) is 16.9. The largest absolute Gasteiger partial charge is 0.444 e. The molecule has 0 saturated heterocycles. The Labute approximate surface area is 123 Å². The topological polar surface area (TPSA) is 88.3 Å². The Bertz CT molecular complexity index is 523. The number of pyridine rings is 1. The lowest BCUT2D eigenvalue weighted by atomic mass is 10.1. The van der Waals surface area contributed by atoms with Crippen molar-refractivity contribution >= 4 is 11.9 Å². The molecule has 0 aliphatic rings. The van der Waals surface area contributed by atoms with E-state index in [9.17, 15) is 14.4 Å². The van der Waals surface area contributed by atoms with Gasteiger partial charge in [0.1, 0.15) is 5.60 Å². The van der Waals surface area contributed by atoms with Crippen molar-refractivity contribution in [3.8, 4) is 0 Å². The number of ketones is 1. The monoisotopic (exact) mass is 294 g/mol. The quantitative estimate of drug-likeness (QED) is 0.622. The first-order valence-electron chi connectivity index (χ1n) is 6.97. The summed E-state index contributed by atoms with van der Waals surface area (Å²) in [5, 5.41) is 2.64. The Morgan fingerprint density at radius 2 is 1.95 bits per heavy atom. The van der Waals surface area contributed by atoms with Crippen LogP contribution in [0.5, 0.6) is 0 Å². The minimum atomic E-state index is -0.510. The summed E-state index contributed by atoms with van der Waals surface area (Å²) in [6, 6.07) is 2.84. The number of alkyl carbamates (subject to hydrolysis) is 1. The molecule has 0 radical (unpaired) electrons. The van der Waals surface area contributed by atoms with Crippen molar-refractivity contribution in [2.45, 2.75) is 45.6 Å². The van der Waals surface area contributed by atoms with Crippen molar-refractivity contribution in [3.05, 3.63) is 34.2 Å². The SMILES string of the molecule is CC(C)(C)OC(=O)NCCCCC(=O)c1ccc(=O)[nH]c1. The Hall–Kier alpha value is -2.11. The summed E-state index contributed by atoms with van der Waals surface area (Å²) < 4.78 is 5.10. The normalized spacial score (nSPS) is 11.0. The van der Waals surface area contributed by atoms with Gasteiger partial charge in [-0.05, 0) is 39.7 Å². The number of aromatic nitrogens is 1. The van der Waals surface area contributed by atoms with E-state index in [4.69, 9.17) is 4.74 Å². The molecule has 0 aromatic carbocycles. The van der Waals surface area contributed by atoms with Gasteiger partial charge in [0.25, 0.3) is 0 Å². The van der Waals surface area contributed by atoms with E-state index in [-0.39, 0.29) is 11.3 Å². The minimum Gasteiger partial charge on any atom is -0.444 e. The fourth-order valence-electron chi connectivity index (χ4n) is 1.64. The molecule has 1 rings (SSSR count). The zero-order chi connectivity index (χ0) is 15.9. The van der Waals surface area contributed by atoms with Crippen molar-refractivity contribution in [2.24, 2.45) is 0 Å². The number of aromatic amines is 1. The van der Waals surface area contributed by atoms with Gasteiger partial charge >= 0.3 is 6.09 Å². The molecule has 21 heavy (non-hydrogen) atoms. The highest BCUT2D eigenvalue weighted by atomic mass is 16.6. The summed E-state index contributed by atoms with van der Waals surface area (Å²) >= 11 is 0. The Kier molecular flexibility index (Phi) is 6.14. The van der Waals surface area contributed by atoms with Crippen molar-refractivity contribution in [1.29, 1.82) is 0 Å². The second-order valence-electron chi connectivity index (χ2n) is 5.75. The number of H-pyrrole nitrogens is 1. The van der Waals surface area contributed by atoms with Crippen LogP contribution in [0.1, 0.15) is 50.4 Å². The van der Waals surface area contributed by atoms with Gasteiger partial charge in [0, 0.05) is 30.8 Å². The summed E-state index contributed by atoms with van der Waals surface area (Å²) in [6.45, 7) is 5.87. The predicted octanol–water partition coefficient (Wildman–Crippen LogP) is 2.25. The van der Waals surface area contributed by atoms with Crippen LogP contribution in [0.15, 0.2) is 23.1 Å². The molecular weight excluding hydrogens is 272 g/mol. The maximum Gasteiger partial charge on any atom is 0.407 e. The molecule has 1 aromatic heterocycles. The minimum absolute atomic E-state index is 0.0245. The van der Waals surface area contributed by atoms with E-state index in [1.165, 1.54) is 18.3 Å². The van der Waals surface area contributed by atoms with Crippen molar-refractivity contribution in [2.75, 3.05) is 6.54 Å². The van der Waals surface area contributed by atoms with Gasteiger partial charge in [-0.2, -0.15) is 0 Å². The lowest BCUT2D eigenvalue weighted by Gasteiger charge is -2.19. The van der Waals surface area contributed by atoms with E-state index in [0.29, 0.717) is 31.4 Å². The lowest BCUT2D eigenvalue weighted by Crippen LogP contribution is -2.33. The van der Waals surface area contributed by atoms with Crippen LogP contribution in [0.3, 0.4) is 0 Å². The number of rotatable bonds is 6. The van der Waals surface area contributed by atoms with E-state index in [0.717, 1.165) is 0 Å². The van der Waals surface area contributed by atoms with Crippen LogP contribution in [-0.4, -0.2) is 29.0 Å². The van der Waals surface area contributed by atoms with Gasteiger partial charge in [-0.25, -0.2) is 4.79 Å². The maximum absolute atomic E-state index is 11.8. The second kappa shape index (κ2) is 7.61. The Morgan fingerprint density at radius 1 is 1.24 bits per heavy atom. The van der Waals surface area contributed by atoms with Crippen LogP contribution in [0, 0.1) is 0 Å². The smallest absolute Gasteiger partial charge is 0.407 e. The number of hydrogen-bond donors (Lipinski definition) is 2. The first-order chi connectivity index (χ1) is 9.78. The van der Waals surface area contributed by atoms with Gasteiger partial charge in [0.2, 0.25) is 5.56 Å². The van der Waals surface area contributed by atoms with Crippen LogP contribution < -0.4 is 10.9 Å². The number of hydrogen-bond acceptors (Lipinski definition) is 4. The van der Waals surface area contributed by atoms with Crippen molar-refractivity contribution in [3.63, 3.8) is 0 Å². The summed E-state index contributed by atoms with van der Waals surface area (Å²) in [7, 11) is 0. The van der Waals surface area contributed by atoms with E-state index >= 15 is 0 Å². The molecule has 0 spiro atoms. The number of unbranched alkanes of at least 4 members (excludes halogenated alkanes) is 1. The molecule has 0 fully saturated rings. The van der Waals surface area contributed by atoms with Crippen LogP contribution in [0.2, 0.25) is 0 Å². The molecule has 0 unspecified atom stereocenters. The number of amides is 1. The highest BCUT2D eigenvalue weighted by molar-refractivity contribution is 5.95. The highest BCUT2D eigenvalue weighted by Crippen LogP contribution is 2.07. The van der Waals surface area contributed by atoms with Crippen molar-refractivity contribution < 1.29 is 14.3 Å². The van der Waals surface area contributed by atoms with Gasteiger partial charge in [-0.3, -0.25) is 9.59 Å². The van der Waals surface area contributed by atoms with Crippen LogP contribution in [0.4, 0.5) is 4.79 Å². The molecule has 2 N–H and O–H groups in total. The van der Waals surface area contributed by atoms with Crippen molar-refractivity contribution in [1.82, 2.24) is 10.3 Å². The standard InChI is InChI=1S/C15H22N2O4/c1-15(2,3)21-14(20)16-9-5-4-6-12(18)11-7-8-13(19)17-10-11/h7-8,10H,4-6,9H2,1-3H3,(H,16,20)(H,17,19). The Morgan fingerprint density at radius 3 is 2.52 bits per heavy atom. The highest BCUT2D eigenvalue weighted by Gasteiger charge is 2.15. The molecule has 0 aliphatic heterocycles. The van der Waals surface area contributed by atoms with E-state index < -0.39 is 11.7 Å². The second-order valence-corrected chi connectivity index (χ2v) is 5.75. The van der Waals surface area contributed by atoms with Gasteiger partial charge in [0.15, 0.2) is 5.78 Å². The summed E-state index contributed by atoms with van der Waals surface area (Å²) in [4.78, 5) is 36.5. The zero-order valence-corrected chi connectivity index (χ0v) is 12.7. The zero-order valence-electron chi connectivity index (χ0n) is 12.7. The molecule has 6 nitrogen and oxygen atoms in total. The van der Waals surface area contributed by atoms with E-state index in [1.807, 2.05) is 0 Å². The van der Waals surface area contributed by atoms with Gasteiger partial charge < -0.3 is 15.0 Å². The summed E-state index contributed by atoms with van der Waals surface area (Å²) in [5.41, 5.74) is -0.243. The lowest BCUT2D eigenvalue weighted by molar-refractivity contribution is 0.0527. The summed E-state index contributed by atoms with van der Waals surface area (Å²) in [5.74, 6) is -0.0245. The fraction of sp³-hybridized carbons (Fsp3) is 0.533. The molecule has 1 amide bonds. The molecule has 0 saturated carbocycles. The molecule has 1 heterocycles. The third-order valence-corrected chi connectivity index (χ3v) is 2.61. The Balaban J connectivity index is 2.19. The van der Waals surface area contributed by atoms with Gasteiger partial charge in [-0.15, -0.1) is 0 Å². The van der Waals surface area contributed by atoms with Crippen LogP contribution >= 0.6 is 0 Å². The van der Waals surface area contributed by atoms with Gasteiger partial charge in [-0.1, -0.05) is 0 Å². The van der Waals surface area contributed by atoms with Crippen LogP contribution in [-0.2, 0) is 4.74 Å². The molecule has 0 bridgehead atoms. The number of carbonyl (C=O) groups excluding carboxylic acids is 2. The number of carbonyl (C=O) groups is 2. The molecular formula is C15H22N2O4. The average molecular weight is 294 g/mol. The molecule has 0 aliphatic carbocycles. The molecule has 116 valence electrons. The average Bonchev–Trinajstić information content (AvgIpc) is 2.36. The number of nitrogens with one attached hydrogen (secondary N) is 2. The summed E-state index contributed by atoms with van der Waals surface area (Å²) in [6.07, 6.45) is 2.70. The third-order valence-electron chi connectivity index (χ3n) is 2.61. The van der Waals surface area contributed by atoms with E-state index in [1.54, 1.807) is 20.8 Å². The molecule has 1 aromatic rings. The van der Waals surface area contributed by atoms with E-state index in [2.05, 4.69) is 10.3 Å². The van der Waals surface area contributed by atoms with Gasteiger partial charge in [0.05, 0.1) is 0 Å². The number of Topliss-reactive ketones (excluding diaryl/α,β-unsaturated/α-hetero) is 1. The molecule has 0 atom stereocenters. The first-order valence-corrected chi connectivity index (χ1v) is 6.97. The number of ether oxygens (including phenoxy) is 1. The fourth-order valence-corrected chi connectivity index (χ4v) is 1.64. The maximum atomic E-state index is 11.8. The third kappa shape index (κ3) is 7.29. The predicted molar refractivity (Wildman–Crippen MR) is 79.5 cm³/mol.